The summed E-state index contributed by atoms with van der Waals surface area (Å²) in [5, 5.41) is 4.89. The highest BCUT2D eigenvalue weighted by atomic mass is 35.5. The quantitative estimate of drug-likeness (QED) is 0.435. The maximum atomic E-state index is 12.5. The summed E-state index contributed by atoms with van der Waals surface area (Å²) >= 11 is 5.91. The van der Waals surface area contributed by atoms with Gasteiger partial charge in [-0.15, -0.1) is 0 Å². The summed E-state index contributed by atoms with van der Waals surface area (Å²) in [6.45, 7) is 8.99. The third-order valence-electron chi connectivity index (χ3n) is 5.95. The summed E-state index contributed by atoms with van der Waals surface area (Å²) < 4.78 is 8.97. The van der Waals surface area contributed by atoms with Gasteiger partial charge < -0.3 is 14.6 Å². The van der Waals surface area contributed by atoms with E-state index in [4.69, 9.17) is 21.4 Å². The second-order valence-corrected chi connectivity index (χ2v) is 9.97. The highest BCUT2D eigenvalue weighted by molar-refractivity contribution is 6.28. The van der Waals surface area contributed by atoms with Crippen molar-refractivity contribution in [3.8, 4) is 5.69 Å². The number of carbonyl (C=O) groups is 1. The molecule has 11 heteroatoms. The van der Waals surface area contributed by atoms with Crippen LogP contribution in [0.15, 0.2) is 35.3 Å². The van der Waals surface area contributed by atoms with E-state index in [1.807, 2.05) is 56.6 Å². The molecule has 1 N–H and O–H groups in total. The van der Waals surface area contributed by atoms with Crippen LogP contribution in [0.3, 0.4) is 0 Å². The molecule has 10 nitrogen and oxygen atoms in total. The molecule has 0 fully saturated rings. The van der Waals surface area contributed by atoms with Crippen LogP contribution in [0.25, 0.3) is 16.9 Å². The lowest BCUT2D eigenvalue weighted by molar-refractivity contribution is 0.0223. The lowest BCUT2D eigenvalue weighted by atomic mass is 10.1. The molecular formula is C24H26ClN7O3. The minimum atomic E-state index is -0.532. The summed E-state index contributed by atoms with van der Waals surface area (Å²) in [4.78, 5) is 37.5. The van der Waals surface area contributed by atoms with Gasteiger partial charge in [-0.1, -0.05) is 12.1 Å². The van der Waals surface area contributed by atoms with Gasteiger partial charge in [0.05, 0.1) is 30.7 Å². The maximum absolute atomic E-state index is 12.5. The Balaban J connectivity index is 1.37. The van der Waals surface area contributed by atoms with Crippen LogP contribution in [-0.2, 0) is 24.2 Å². The highest BCUT2D eigenvalue weighted by Gasteiger charge is 2.29. The zero-order valence-corrected chi connectivity index (χ0v) is 20.8. The molecule has 5 rings (SSSR count). The fraction of sp³-hybridized carbons (Fsp3) is 0.375. The van der Waals surface area contributed by atoms with Crippen LogP contribution in [0.1, 0.15) is 43.3 Å². The minimum Gasteiger partial charge on any atom is -0.444 e. The van der Waals surface area contributed by atoms with Gasteiger partial charge in [0.1, 0.15) is 11.1 Å². The number of aromatic nitrogens is 6. The normalized spacial score (nSPS) is 13.8. The number of hydrogen-bond donors (Lipinski definition) is 1. The number of imidazole rings is 1. The number of H-pyrrole nitrogens is 1. The third-order valence-corrected chi connectivity index (χ3v) is 6.13. The lowest BCUT2D eigenvalue weighted by Crippen LogP contribution is -2.39. The molecule has 0 spiro atoms. The first-order chi connectivity index (χ1) is 16.6. The van der Waals surface area contributed by atoms with Crippen LogP contribution < -0.4 is 5.69 Å². The predicted octanol–water partition coefficient (Wildman–Crippen LogP) is 3.61. The van der Waals surface area contributed by atoms with E-state index in [0.29, 0.717) is 37.2 Å². The second-order valence-electron chi connectivity index (χ2n) is 9.63. The zero-order valence-electron chi connectivity index (χ0n) is 20.0. The number of hydrogen-bond acceptors (Lipinski definition) is 6. The van der Waals surface area contributed by atoms with Crippen LogP contribution in [0.5, 0.6) is 0 Å². The number of ether oxygens (including phenoxy) is 1. The summed E-state index contributed by atoms with van der Waals surface area (Å²) in [7, 11) is 0. The molecule has 4 aromatic rings. The van der Waals surface area contributed by atoms with Crippen molar-refractivity contribution in [3.63, 3.8) is 0 Å². The van der Waals surface area contributed by atoms with Crippen LogP contribution in [0.4, 0.5) is 4.79 Å². The van der Waals surface area contributed by atoms with Crippen LogP contribution >= 0.6 is 11.6 Å². The zero-order chi connectivity index (χ0) is 24.9. The molecule has 0 bridgehead atoms. The summed E-state index contributed by atoms with van der Waals surface area (Å²) in [5.41, 5.74) is 5.05. The van der Waals surface area contributed by atoms with Crippen molar-refractivity contribution in [1.29, 1.82) is 0 Å². The molecule has 35 heavy (non-hydrogen) atoms. The van der Waals surface area contributed by atoms with E-state index in [9.17, 15) is 9.59 Å². The average molecular weight is 496 g/mol. The number of nitrogens with zero attached hydrogens (tertiary/aromatic N) is 6. The van der Waals surface area contributed by atoms with Crippen LogP contribution in [0.2, 0.25) is 5.28 Å². The number of halogens is 1. The minimum absolute atomic E-state index is 0.0870. The Hall–Kier alpha value is -3.66. The number of aromatic amines is 1. The molecule has 0 saturated carbocycles. The Morgan fingerprint density at radius 2 is 1.97 bits per heavy atom. The number of fused-ring (bicyclic) bond motifs is 2. The SMILES string of the molecule is Cc1c2c(nn1-c1ccc(Cn3c(=O)[nH]c4cnc(Cl)nc43)cc1)CCN(C(=O)OC(C)(C)C)C2. The van der Waals surface area contributed by atoms with E-state index >= 15 is 0 Å². The molecule has 1 aliphatic rings. The Kier molecular flexibility index (Phi) is 5.63. The fourth-order valence-corrected chi connectivity index (χ4v) is 4.37. The fourth-order valence-electron chi connectivity index (χ4n) is 4.24. The van der Waals surface area contributed by atoms with Gasteiger partial charge in [0.25, 0.3) is 0 Å². The molecule has 0 aliphatic carbocycles. The van der Waals surface area contributed by atoms with Gasteiger partial charge in [-0.3, -0.25) is 4.57 Å². The highest BCUT2D eigenvalue weighted by Crippen LogP contribution is 2.26. The van der Waals surface area contributed by atoms with Crippen LogP contribution in [0, 0.1) is 6.92 Å². The average Bonchev–Trinajstić information content (AvgIpc) is 3.29. The monoisotopic (exact) mass is 495 g/mol. The Bertz CT molecular complexity index is 1480. The largest absolute Gasteiger partial charge is 0.444 e. The van der Waals surface area contributed by atoms with Crippen molar-refractivity contribution in [1.82, 2.24) is 34.2 Å². The van der Waals surface area contributed by atoms with Gasteiger partial charge in [0.2, 0.25) is 5.28 Å². The molecule has 3 aromatic heterocycles. The van der Waals surface area contributed by atoms with Gasteiger partial charge >= 0.3 is 11.8 Å². The number of rotatable bonds is 3. The van der Waals surface area contributed by atoms with Crippen molar-refractivity contribution in [2.24, 2.45) is 0 Å². The van der Waals surface area contributed by atoms with Gasteiger partial charge in [-0.25, -0.2) is 19.3 Å². The van der Waals surface area contributed by atoms with Crippen LogP contribution in [-0.4, -0.2) is 52.4 Å². The van der Waals surface area contributed by atoms with Gasteiger partial charge in [0, 0.05) is 24.2 Å². The first kappa shape index (κ1) is 23.1. The Labute approximate surface area is 206 Å². The molecule has 0 unspecified atom stereocenters. The number of amides is 1. The molecule has 0 atom stereocenters. The van der Waals surface area contributed by atoms with E-state index in [2.05, 4.69) is 15.0 Å². The molecule has 1 aromatic carbocycles. The molecule has 1 amide bonds. The summed E-state index contributed by atoms with van der Waals surface area (Å²) in [5.74, 6) is 0. The predicted molar refractivity (Wildman–Crippen MR) is 131 cm³/mol. The Morgan fingerprint density at radius 3 is 2.69 bits per heavy atom. The third kappa shape index (κ3) is 4.53. The van der Waals surface area contributed by atoms with Crippen molar-refractivity contribution in [2.45, 2.75) is 52.8 Å². The maximum Gasteiger partial charge on any atom is 0.410 e. The van der Waals surface area contributed by atoms with E-state index in [0.717, 1.165) is 28.2 Å². The summed E-state index contributed by atoms with van der Waals surface area (Å²) in [6, 6.07) is 7.84. The first-order valence-electron chi connectivity index (χ1n) is 11.3. The van der Waals surface area contributed by atoms with E-state index in [1.54, 1.807) is 4.90 Å². The molecule has 4 heterocycles. The van der Waals surface area contributed by atoms with Gasteiger partial charge in [-0.05, 0) is 57.0 Å². The molecule has 182 valence electrons. The van der Waals surface area contributed by atoms with Gasteiger partial charge in [-0.2, -0.15) is 10.1 Å². The molecule has 0 saturated heterocycles. The first-order valence-corrected chi connectivity index (χ1v) is 11.7. The van der Waals surface area contributed by atoms with Crippen molar-refractivity contribution in [2.75, 3.05) is 6.54 Å². The number of benzene rings is 1. The topological polar surface area (TPSA) is 111 Å². The molecular weight excluding hydrogens is 470 g/mol. The molecule has 1 aliphatic heterocycles. The number of nitrogens with one attached hydrogen (secondary N) is 1. The van der Waals surface area contributed by atoms with Crippen molar-refractivity contribution >= 4 is 28.9 Å². The number of carbonyl (C=O) groups excluding carboxylic acids is 1. The van der Waals surface area contributed by atoms with E-state index in [1.165, 1.54) is 10.8 Å². The standard InChI is InChI=1S/C24H26ClN7O3/c1-14-17-13-30(23(34)35-24(2,3)4)10-9-18(17)29-32(14)16-7-5-15(6-8-16)12-31-20-19(27-22(31)33)11-26-21(25)28-20/h5-8,11H,9-10,12-13H2,1-4H3,(H,27,33). The van der Waals surface area contributed by atoms with Gasteiger partial charge in [0.15, 0.2) is 5.65 Å². The second kappa shape index (κ2) is 8.53. The lowest BCUT2D eigenvalue weighted by Gasteiger charge is -2.29. The smallest absolute Gasteiger partial charge is 0.410 e. The van der Waals surface area contributed by atoms with E-state index in [-0.39, 0.29) is 17.1 Å². The van der Waals surface area contributed by atoms with Crippen molar-refractivity contribution < 1.29 is 9.53 Å². The summed E-state index contributed by atoms with van der Waals surface area (Å²) in [6.07, 6.45) is 1.87. The molecule has 0 radical (unpaired) electrons. The van der Waals surface area contributed by atoms with Crippen molar-refractivity contribution in [3.05, 3.63) is 68.7 Å². The van der Waals surface area contributed by atoms with E-state index < -0.39 is 5.60 Å². The Morgan fingerprint density at radius 1 is 1.23 bits per heavy atom.